The van der Waals surface area contributed by atoms with Gasteiger partial charge in [0.1, 0.15) is 0 Å². The standard InChI is InChI=1S/C17H22O2/c1-12(7-6-8-16(18)19)15-11-14(17(3,4)5)10-9-13(15)2/h6-11H,1-5H3,(H,18,19)/b8-6+,12-7+. The van der Waals surface area contributed by atoms with Crippen LogP contribution in [0, 0.1) is 6.92 Å². The van der Waals surface area contributed by atoms with Gasteiger partial charge in [-0.3, -0.25) is 0 Å². The van der Waals surface area contributed by atoms with Crippen LogP contribution in [0.25, 0.3) is 5.57 Å². The van der Waals surface area contributed by atoms with Crippen LogP contribution in [0.3, 0.4) is 0 Å². The monoisotopic (exact) mass is 258 g/mol. The molecule has 0 spiro atoms. The highest BCUT2D eigenvalue weighted by molar-refractivity contribution is 5.81. The predicted molar refractivity (Wildman–Crippen MR) is 80.3 cm³/mol. The molecule has 1 N–H and O–H groups in total. The quantitative estimate of drug-likeness (QED) is 0.647. The highest BCUT2D eigenvalue weighted by Crippen LogP contribution is 2.27. The van der Waals surface area contributed by atoms with Crippen molar-refractivity contribution in [3.63, 3.8) is 0 Å². The number of rotatable bonds is 3. The van der Waals surface area contributed by atoms with E-state index in [0.717, 1.165) is 11.6 Å². The van der Waals surface area contributed by atoms with Gasteiger partial charge in [0.2, 0.25) is 0 Å². The van der Waals surface area contributed by atoms with Crippen LogP contribution in [-0.2, 0) is 10.2 Å². The molecule has 0 heterocycles. The van der Waals surface area contributed by atoms with Crippen LogP contribution in [-0.4, -0.2) is 11.1 Å². The molecule has 0 aromatic heterocycles. The van der Waals surface area contributed by atoms with Gasteiger partial charge in [0.25, 0.3) is 0 Å². The topological polar surface area (TPSA) is 37.3 Å². The lowest BCUT2D eigenvalue weighted by molar-refractivity contribution is -0.131. The molecule has 1 aromatic rings. The van der Waals surface area contributed by atoms with Gasteiger partial charge in [-0.2, -0.15) is 0 Å². The summed E-state index contributed by atoms with van der Waals surface area (Å²) >= 11 is 0. The third-order valence-electron chi connectivity index (χ3n) is 3.11. The van der Waals surface area contributed by atoms with Gasteiger partial charge in [0.05, 0.1) is 0 Å². The summed E-state index contributed by atoms with van der Waals surface area (Å²) in [7, 11) is 0. The number of carbonyl (C=O) groups is 1. The van der Waals surface area contributed by atoms with Crippen LogP contribution in [0.4, 0.5) is 0 Å². The summed E-state index contributed by atoms with van der Waals surface area (Å²) in [6.07, 6.45) is 4.55. The molecule has 0 atom stereocenters. The molecule has 0 aliphatic rings. The minimum atomic E-state index is -0.927. The van der Waals surface area contributed by atoms with Gasteiger partial charge >= 0.3 is 5.97 Å². The lowest BCUT2D eigenvalue weighted by atomic mass is 9.84. The maximum atomic E-state index is 10.5. The van der Waals surface area contributed by atoms with E-state index in [2.05, 4.69) is 45.9 Å². The van der Waals surface area contributed by atoms with Crippen molar-refractivity contribution in [2.75, 3.05) is 0 Å². The second-order valence-corrected chi connectivity index (χ2v) is 5.83. The smallest absolute Gasteiger partial charge is 0.328 e. The van der Waals surface area contributed by atoms with E-state index in [1.54, 1.807) is 6.08 Å². The minimum Gasteiger partial charge on any atom is -0.478 e. The summed E-state index contributed by atoms with van der Waals surface area (Å²) in [5.74, 6) is -0.927. The Labute approximate surface area is 115 Å². The average Bonchev–Trinajstić information content (AvgIpc) is 2.27. The number of allylic oxidation sites excluding steroid dienone is 3. The first-order valence-electron chi connectivity index (χ1n) is 6.41. The van der Waals surface area contributed by atoms with Crippen molar-refractivity contribution in [3.8, 4) is 0 Å². The van der Waals surface area contributed by atoms with E-state index in [0.29, 0.717) is 0 Å². The summed E-state index contributed by atoms with van der Waals surface area (Å²) in [6.45, 7) is 10.6. The van der Waals surface area contributed by atoms with Crippen molar-refractivity contribution in [1.29, 1.82) is 0 Å². The van der Waals surface area contributed by atoms with Crippen LogP contribution in [0.5, 0.6) is 0 Å². The lowest BCUT2D eigenvalue weighted by Gasteiger charge is -2.21. The molecule has 2 heteroatoms. The van der Waals surface area contributed by atoms with E-state index < -0.39 is 5.97 Å². The van der Waals surface area contributed by atoms with Gasteiger partial charge < -0.3 is 5.11 Å². The number of hydrogen-bond donors (Lipinski definition) is 1. The van der Waals surface area contributed by atoms with Crippen LogP contribution in [0.15, 0.2) is 36.4 Å². The van der Waals surface area contributed by atoms with Crippen LogP contribution in [0.2, 0.25) is 0 Å². The van der Waals surface area contributed by atoms with Crippen molar-refractivity contribution in [2.45, 2.75) is 40.0 Å². The predicted octanol–water partition coefficient (Wildman–Crippen LogP) is 4.34. The van der Waals surface area contributed by atoms with Crippen molar-refractivity contribution in [2.24, 2.45) is 0 Å². The molecule has 0 aliphatic carbocycles. The maximum Gasteiger partial charge on any atom is 0.328 e. The van der Waals surface area contributed by atoms with Crippen LogP contribution >= 0.6 is 0 Å². The second-order valence-electron chi connectivity index (χ2n) is 5.83. The number of carboxylic acids is 1. The van der Waals surface area contributed by atoms with E-state index in [4.69, 9.17) is 5.11 Å². The number of aliphatic carboxylic acids is 1. The largest absolute Gasteiger partial charge is 0.478 e. The Kier molecular flexibility index (Phi) is 4.71. The third kappa shape index (κ3) is 4.40. The zero-order valence-corrected chi connectivity index (χ0v) is 12.3. The first kappa shape index (κ1) is 15.2. The highest BCUT2D eigenvalue weighted by atomic mass is 16.4. The molecule has 0 fully saturated rings. The number of hydrogen-bond acceptors (Lipinski definition) is 1. The Morgan fingerprint density at radius 1 is 1.26 bits per heavy atom. The zero-order valence-electron chi connectivity index (χ0n) is 12.3. The molecule has 0 saturated carbocycles. The molecule has 0 unspecified atom stereocenters. The molecular formula is C17H22O2. The average molecular weight is 258 g/mol. The first-order chi connectivity index (χ1) is 8.71. The summed E-state index contributed by atoms with van der Waals surface area (Å²) in [6, 6.07) is 6.46. The summed E-state index contributed by atoms with van der Waals surface area (Å²) in [5.41, 5.74) is 4.83. The Hall–Kier alpha value is -1.83. The van der Waals surface area contributed by atoms with Gasteiger partial charge in [0, 0.05) is 6.08 Å². The van der Waals surface area contributed by atoms with Crippen LogP contribution in [0.1, 0.15) is 44.4 Å². The molecule has 102 valence electrons. The van der Waals surface area contributed by atoms with E-state index in [9.17, 15) is 4.79 Å². The number of benzene rings is 1. The van der Waals surface area contributed by atoms with Crippen molar-refractivity contribution in [3.05, 3.63) is 53.1 Å². The molecule has 0 aliphatic heterocycles. The lowest BCUT2D eigenvalue weighted by Crippen LogP contribution is -2.11. The first-order valence-corrected chi connectivity index (χ1v) is 6.41. The second kappa shape index (κ2) is 5.87. The van der Waals surface area contributed by atoms with Gasteiger partial charge in [-0.15, -0.1) is 0 Å². The normalized spacial score (nSPS) is 13.0. The molecule has 0 saturated heterocycles. The summed E-state index contributed by atoms with van der Waals surface area (Å²) < 4.78 is 0. The molecular weight excluding hydrogens is 236 g/mol. The van der Waals surface area contributed by atoms with Crippen molar-refractivity contribution in [1.82, 2.24) is 0 Å². The number of carboxylic acid groups (broad SMARTS) is 1. The Balaban J connectivity index is 3.16. The molecule has 1 rings (SSSR count). The van der Waals surface area contributed by atoms with Gasteiger partial charge in [-0.1, -0.05) is 51.1 Å². The van der Waals surface area contributed by atoms with Crippen molar-refractivity contribution >= 4 is 11.5 Å². The fourth-order valence-electron chi connectivity index (χ4n) is 1.88. The minimum absolute atomic E-state index is 0.111. The van der Waals surface area contributed by atoms with Crippen LogP contribution < -0.4 is 0 Å². The van der Waals surface area contributed by atoms with Crippen molar-refractivity contribution < 1.29 is 9.90 Å². The van der Waals surface area contributed by atoms with E-state index in [-0.39, 0.29) is 5.41 Å². The SMILES string of the molecule is C/C(=C\C=C\C(=O)O)c1cc(C(C)(C)C)ccc1C. The van der Waals surface area contributed by atoms with E-state index >= 15 is 0 Å². The summed E-state index contributed by atoms with van der Waals surface area (Å²) in [4.78, 5) is 10.5. The third-order valence-corrected chi connectivity index (χ3v) is 3.11. The van der Waals surface area contributed by atoms with E-state index in [1.165, 1.54) is 16.7 Å². The van der Waals surface area contributed by atoms with Gasteiger partial charge in [-0.05, 0) is 41.5 Å². The number of aryl methyl sites for hydroxylation is 1. The molecule has 2 nitrogen and oxygen atoms in total. The highest BCUT2D eigenvalue weighted by Gasteiger charge is 2.14. The zero-order chi connectivity index (χ0) is 14.6. The van der Waals surface area contributed by atoms with Gasteiger partial charge in [0.15, 0.2) is 0 Å². The molecule has 0 radical (unpaired) electrons. The fraction of sp³-hybridized carbons (Fsp3) is 0.353. The Morgan fingerprint density at radius 3 is 2.42 bits per heavy atom. The Morgan fingerprint density at radius 2 is 1.89 bits per heavy atom. The molecule has 0 bridgehead atoms. The Bertz CT molecular complexity index is 529. The molecule has 19 heavy (non-hydrogen) atoms. The maximum absolute atomic E-state index is 10.5. The van der Waals surface area contributed by atoms with E-state index in [1.807, 2.05) is 13.0 Å². The molecule has 1 aromatic carbocycles. The fourth-order valence-corrected chi connectivity index (χ4v) is 1.88. The summed E-state index contributed by atoms with van der Waals surface area (Å²) in [5, 5.41) is 8.59. The van der Waals surface area contributed by atoms with Gasteiger partial charge in [-0.25, -0.2) is 4.79 Å². The molecule has 0 amide bonds.